The summed E-state index contributed by atoms with van der Waals surface area (Å²) < 4.78 is 7.19. The summed E-state index contributed by atoms with van der Waals surface area (Å²) in [6, 6.07) is 9.05. The molecule has 0 bridgehead atoms. The quantitative estimate of drug-likeness (QED) is 0.406. The standard InChI is InChI=1S/C15H13ClN4O3/c1-10-17-9-15(20(21)22)19(10)6-7-23-12-3-4-13-11(8-12)2-5-14(16)18-13/h2-5,8-9H,6-7H2,1H3. The molecule has 0 aliphatic carbocycles. The van der Waals surface area contributed by atoms with E-state index in [0.717, 1.165) is 10.9 Å². The second-order valence-corrected chi connectivity index (χ2v) is 5.30. The smallest absolute Gasteiger partial charge is 0.342 e. The highest BCUT2D eigenvalue weighted by molar-refractivity contribution is 6.29. The molecule has 0 atom stereocenters. The lowest BCUT2D eigenvalue weighted by atomic mass is 10.2. The van der Waals surface area contributed by atoms with Crippen molar-refractivity contribution in [3.05, 3.63) is 57.6 Å². The van der Waals surface area contributed by atoms with Gasteiger partial charge in [0.05, 0.1) is 5.52 Å². The van der Waals surface area contributed by atoms with Crippen molar-refractivity contribution in [2.45, 2.75) is 13.5 Å². The predicted octanol–water partition coefficient (Wildman–Crippen LogP) is 3.38. The number of nitrogens with zero attached hydrogens (tertiary/aromatic N) is 4. The molecule has 118 valence electrons. The predicted molar refractivity (Wildman–Crippen MR) is 85.9 cm³/mol. The van der Waals surface area contributed by atoms with Crippen LogP contribution in [0.2, 0.25) is 5.15 Å². The van der Waals surface area contributed by atoms with Gasteiger partial charge in [0.15, 0.2) is 5.82 Å². The van der Waals surface area contributed by atoms with Crippen molar-refractivity contribution in [1.29, 1.82) is 0 Å². The summed E-state index contributed by atoms with van der Waals surface area (Å²) >= 11 is 5.85. The van der Waals surface area contributed by atoms with E-state index in [4.69, 9.17) is 16.3 Å². The van der Waals surface area contributed by atoms with E-state index in [1.165, 1.54) is 10.8 Å². The van der Waals surface area contributed by atoms with Crippen molar-refractivity contribution in [2.24, 2.45) is 0 Å². The van der Waals surface area contributed by atoms with Gasteiger partial charge in [0.1, 0.15) is 30.3 Å². The van der Waals surface area contributed by atoms with Crippen LogP contribution in [0.15, 0.2) is 36.5 Å². The highest BCUT2D eigenvalue weighted by Crippen LogP contribution is 2.21. The molecule has 2 aromatic heterocycles. The largest absolute Gasteiger partial charge is 0.489 e. The highest BCUT2D eigenvalue weighted by Gasteiger charge is 2.16. The number of hydrogen-bond donors (Lipinski definition) is 0. The molecule has 23 heavy (non-hydrogen) atoms. The zero-order valence-corrected chi connectivity index (χ0v) is 13.0. The zero-order chi connectivity index (χ0) is 16.4. The van der Waals surface area contributed by atoms with Crippen LogP contribution in [-0.2, 0) is 6.54 Å². The van der Waals surface area contributed by atoms with Crippen LogP contribution >= 0.6 is 11.6 Å². The van der Waals surface area contributed by atoms with E-state index >= 15 is 0 Å². The van der Waals surface area contributed by atoms with Gasteiger partial charge in [0, 0.05) is 12.3 Å². The van der Waals surface area contributed by atoms with Crippen LogP contribution in [0.25, 0.3) is 10.9 Å². The summed E-state index contributed by atoms with van der Waals surface area (Å²) in [6.07, 6.45) is 1.25. The maximum atomic E-state index is 10.9. The summed E-state index contributed by atoms with van der Waals surface area (Å²) in [5.41, 5.74) is 0.783. The maximum Gasteiger partial charge on any atom is 0.342 e. The molecule has 0 saturated carbocycles. The summed E-state index contributed by atoms with van der Waals surface area (Å²) in [4.78, 5) is 18.6. The molecular formula is C15H13ClN4O3. The third-order valence-electron chi connectivity index (χ3n) is 3.43. The van der Waals surface area contributed by atoms with Gasteiger partial charge >= 0.3 is 5.82 Å². The van der Waals surface area contributed by atoms with Gasteiger partial charge in [-0.1, -0.05) is 11.6 Å². The van der Waals surface area contributed by atoms with Crippen LogP contribution in [0.4, 0.5) is 5.82 Å². The van der Waals surface area contributed by atoms with Crippen LogP contribution in [0.5, 0.6) is 5.75 Å². The number of hydrogen-bond acceptors (Lipinski definition) is 5. The highest BCUT2D eigenvalue weighted by atomic mass is 35.5. The molecule has 0 unspecified atom stereocenters. The molecule has 1 aromatic carbocycles. The van der Waals surface area contributed by atoms with Crippen molar-refractivity contribution in [2.75, 3.05) is 6.61 Å². The van der Waals surface area contributed by atoms with Crippen LogP contribution in [0.1, 0.15) is 5.82 Å². The van der Waals surface area contributed by atoms with Gasteiger partial charge in [-0.25, -0.2) is 14.5 Å². The number of halogens is 1. The van der Waals surface area contributed by atoms with Gasteiger partial charge in [0.2, 0.25) is 0 Å². The Morgan fingerprint density at radius 2 is 2.17 bits per heavy atom. The third kappa shape index (κ3) is 3.24. The maximum absolute atomic E-state index is 10.9. The summed E-state index contributed by atoms with van der Waals surface area (Å²) in [5.74, 6) is 1.21. The van der Waals surface area contributed by atoms with Crippen LogP contribution in [0.3, 0.4) is 0 Å². The number of ether oxygens (including phenoxy) is 1. The number of rotatable bonds is 5. The minimum Gasteiger partial charge on any atom is -0.489 e. The van der Waals surface area contributed by atoms with E-state index in [-0.39, 0.29) is 5.82 Å². The summed E-state index contributed by atoms with van der Waals surface area (Å²) in [7, 11) is 0. The van der Waals surface area contributed by atoms with Crippen molar-refractivity contribution in [3.8, 4) is 5.75 Å². The van der Waals surface area contributed by atoms with E-state index in [1.54, 1.807) is 19.1 Å². The second-order valence-electron chi connectivity index (χ2n) is 4.91. The number of aromatic nitrogens is 3. The molecule has 0 aliphatic heterocycles. The second kappa shape index (κ2) is 6.21. The van der Waals surface area contributed by atoms with Gasteiger partial charge in [-0.15, -0.1) is 0 Å². The van der Waals surface area contributed by atoms with Crippen LogP contribution < -0.4 is 4.74 Å². The Morgan fingerprint density at radius 3 is 2.96 bits per heavy atom. The number of fused-ring (bicyclic) bond motifs is 1. The monoisotopic (exact) mass is 332 g/mol. The van der Waals surface area contributed by atoms with E-state index < -0.39 is 4.92 Å². The third-order valence-corrected chi connectivity index (χ3v) is 3.64. The number of pyridine rings is 1. The lowest BCUT2D eigenvalue weighted by Gasteiger charge is -2.07. The van der Waals surface area contributed by atoms with E-state index in [1.807, 2.05) is 18.2 Å². The first-order valence-electron chi connectivity index (χ1n) is 6.90. The fourth-order valence-corrected chi connectivity index (χ4v) is 2.46. The number of imidazole rings is 1. The molecule has 0 fully saturated rings. The SMILES string of the molecule is Cc1ncc([N+](=O)[O-])n1CCOc1ccc2nc(Cl)ccc2c1. The average Bonchev–Trinajstić information content (AvgIpc) is 2.89. The Bertz CT molecular complexity index is 878. The molecule has 2 heterocycles. The average molecular weight is 333 g/mol. The molecule has 0 spiro atoms. The Kier molecular flexibility index (Phi) is 4.12. The van der Waals surface area contributed by atoms with Crippen LogP contribution in [-0.4, -0.2) is 26.1 Å². The van der Waals surface area contributed by atoms with E-state index in [2.05, 4.69) is 9.97 Å². The molecule has 3 rings (SSSR count). The lowest BCUT2D eigenvalue weighted by molar-refractivity contribution is -0.392. The molecule has 0 amide bonds. The lowest BCUT2D eigenvalue weighted by Crippen LogP contribution is -2.11. The van der Waals surface area contributed by atoms with Crippen molar-refractivity contribution >= 4 is 28.3 Å². The van der Waals surface area contributed by atoms with E-state index in [9.17, 15) is 10.1 Å². The van der Waals surface area contributed by atoms with Crippen LogP contribution in [0, 0.1) is 17.0 Å². The van der Waals surface area contributed by atoms with Gasteiger partial charge in [-0.2, -0.15) is 0 Å². The molecule has 0 aliphatic rings. The van der Waals surface area contributed by atoms with Gasteiger partial charge in [0.25, 0.3) is 0 Å². The first-order chi connectivity index (χ1) is 11.0. The first kappa shape index (κ1) is 15.2. The molecular weight excluding hydrogens is 320 g/mol. The fourth-order valence-electron chi connectivity index (χ4n) is 2.30. The molecule has 8 heteroatoms. The molecule has 3 aromatic rings. The van der Waals surface area contributed by atoms with Crippen molar-refractivity contribution < 1.29 is 9.66 Å². The molecule has 7 nitrogen and oxygen atoms in total. The van der Waals surface area contributed by atoms with Gasteiger partial charge < -0.3 is 14.9 Å². The molecule has 0 N–H and O–H groups in total. The molecule has 0 radical (unpaired) electrons. The van der Waals surface area contributed by atoms with Crippen molar-refractivity contribution in [1.82, 2.24) is 14.5 Å². The Balaban J connectivity index is 1.70. The topological polar surface area (TPSA) is 83.1 Å². The fraction of sp³-hybridized carbons (Fsp3) is 0.200. The zero-order valence-electron chi connectivity index (χ0n) is 12.3. The minimum atomic E-state index is -0.453. The minimum absolute atomic E-state index is 0.0385. The van der Waals surface area contributed by atoms with Gasteiger partial charge in [-0.3, -0.25) is 0 Å². The number of benzene rings is 1. The number of nitro groups is 1. The van der Waals surface area contributed by atoms with Crippen molar-refractivity contribution in [3.63, 3.8) is 0 Å². The van der Waals surface area contributed by atoms with Gasteiger partial charge in [-0.05, 0) is 35.3 Å². The van der Waals surface area contributed by atoms with E-state index in [0.29, 0.717) is 29.9 Å². The summed E-state index contributed by atoms with van der Waals surface area (Å²) in [5, 5.41) is 12.3. The normalized spacial score (nSPS) is 10.9. The Hall–Kier alpha value is -2.67. The summed E-state index contributed by atoms with van der Waals surface area (Å²) in [6.45, 7) is 2.36. The Labute approximate surface area is 136 Å². The number of aryl methyl sites for hydroxylation is 1. The first-order valence-corrected chi connectivity index (χ1v) is 7.28. The molecule has 0 saturated heterocycles. The Morgan fingerprint density at radius 1 is 1.35 bits per heavy atom.